The minimum Gasteiger partial charge on any atom is -0.491 e. The lowest BCUT2D eigenvalue weighted by molar-refractivity contribution is -0.244. The Labute approximate surface area is 347 Å². The monoisotopic (exact) mass is 861 g/mol. The van der Waals surface area contributed by atoms with Crippen LogP contribution in [0.3, 0.4) is 0 Å². The topological polar surface area (TPSA) is 182 Å². The predicted molar refractivity (Wildman–Crippen MR) is 213 cm³/mol. The smallest absolute Gasteiger partial charge is 0.427 e. The number of hydrogen-bond donors (Lipinski definition) is 3. The highest BCUT2D eigenvalue weighted by molar-refractivity contribution is 7.91. The summed E-state index contributed by atoms with van der Waals surface area (Å²) in [6.45, 7) is 7.07. The van der Waals surface area contributed by atoms with E-state index < -0.39 is 85.9 Å². The van der Waals surface area contributed by atoms with Crippen molar-refractivity contribution in [3.8, 4) is 11.6 Å². The number of alkyl halides is 3. The fourth-order valence-electron chi connectivity index (χ4n) is 8.51. The number of ether oxygens (including phenoxy) is 3. The van der Waals surface area contributed by atoms with Crippen LogP contribution in [0.15, 0.2) is 36.4 Å². The van der Waals surface area contributed by atoms with Crippen LogP contribution in [0.1, 0.15) is 98.1 Å². The molecular weight excluding hydrogens is 808 g/mol. The molecule has 2 aromatic rings. The van der Waals surface area contributed by atoms with Crippen LogP contribution in [0, 0.1) is 17.8 Å². The van der Waals surface area contributed by atoms with Gasteiger partial charge in [0.15, 0.2) is 0 Å². The molecule has 4 amide bonds. The molecule has 2 aliphatic carbocycles. The van der Waals surface area contributed by atoms with Crippen LogP contribution >= 0.6 is 0 Å². The molecule has 1 aromatic carbocycles. The molecule has 1 saturated heterocycles. The quantitative estimate of drug-likeness (QED) is 0.282. The zero-order valence-electron chi connectivity index (χ0n) is 34.5. The highest BCUT2D eigenvalue weighted by Gasteiger charge is 2.63. The van der Waals surface area contributed by atoms with E-state index in [1.807, 2.05) is 37.3 Å². The molecule has 3 N–H and O–H groups in total. The van der Waals surface area contributed by atoms with Crippen LogP contribution in [-0.2, 0) is 35.6 Å². The number of sulfonamides is 1. The van der Waals surface area contributed by atoms with Crippen LogP contribution < -0.4 is 24.8 Å². The third-order valence-corrected chi connectivity index (χ3v) is 15.1. The van der Waals surface area contributed by atoms with Crippen molar-refractivity contribution in [1.82, 2.24) is 25.2 Å². The number of carbonyl (C=O) groups is 4. The molecule has 7 atom stereocenters. The maximum Gasteiger partial charge on any atom is 0.427 e. The van der Waals surface area contributed by atoms with Gasteiger partial charge in [-0.25, -0.2) is 18.2 Å². The average molecular weight is 862 g/mol. The average Bonchev–Trinajstić information content (AvgIpc) is 4.07. The zero-order chi connectivity index (χ0) is 43.4. The van der Waals surface area contributed by atoms with E-state index in [1.165, 1.54) is 4.90 Å². The highest BCUT2D eigenvalue weighted by Crippen LogP contribution is 2.48. The van der Waals surface area contributed by atoms with Gasteiger partial charge in [0, 0.05) is 23.1 Å². The number of aryl methyl sites for hydroxylation is 1. The lowest BCUT2D eigenvalue weighted by Crippen LogP contribution is -2.60. The number of fused-ring (bicyclic) bond motifs is 5. The van der Waals surface area contributed by atoms with Crippen molar-refractivity contribution >= 4 is 44.6 Å². The second-order valence-corrected chi connectivity index (χ2v) is 20.1. The summed E-state index contributed by atoms with van der Waals surface area (Å²) in [6.07, 6.45) is 0.535. The number of halogens is 3. The van der Waals surface area contributed by atoms with Gasteiger partial charge >= 0.3 is 12.3 Å². The lowest BCUT2D eigenvalue weighted by Gasteiger charge is -2.35. The van der Waals surface area contributed by atoms with Crippen LogP contribution in [0.5, 0.6) is 11.6 Å². The Morgan fingerprint density at radius 1 is 1.12 bits per heavy atom. The third kappa shape index (κ3) is 8.49. The minimum atomic E-state index is -4.91. The summed E-state index contributed by atoms with van der Waals surface area (Å²) in [5, 5.41) is 6.70. The van der Waals surface area contributed by atoms with Crippen LogP contribution in [0.4, 0.5) is 18.0 Å². The summed E-state index contributed by atoms with van der Waals surface area (Å²) in [5.74, 6) is -2.64. The van der Waals surface area contributed by atoms with E-state index in [0.29, 0.717) is 82.2 Å². The Bertz CT molecular complexity index is 2180. The fraction of sp³-hybridized carbons (Fsp3) is 0.643. The number of nitrogens with one attached hydrogen (secondary N) is 3. The van der Waals surface area contributed by atoms with Crippen LogP contribution in [-0.4, -0.2) is 95.5 Å². The summed E-state index contributed by atoms with van der Waals surface area (Å²) in [4.78, 5) is 63.0. The molecule has 328 valence electrons. The van der Waals surface area contributed by atoms with E-state index in [-0.39, 0.29) is 31.2 Å². The largest absolute Gasteiger partial charge is 0.491 e. The number of pyridine rings is 1. The molecule has 3 fully saturated rings. The molecule has 18 heteroatoms. The SMILES string of the molecule is CCC1CC(C)CCC=CC2CC2(C(=O)NS(=O)(=O)C2(C)CC2)NC(=O)C2CC(Oc3nc4c(c5ccccc35)OCCC4)CN2C(=O)C1NC(=O)OC(C)(C)C(F)(F)F. The van der Waals surface area contributed by atoms with Crippen molar-refractivity contribution in [2.24, 2.45) is 17.8 Å². The lowest BCUT2D eigenvalue weighted by atomic mass is 9.85. The second kappa shape index (κ2) is 16.0. The molecule has 3 aliphatic heterocycles. The number of amides is 4. The fourth-order valence-corrected chi connectivity index (χ4v) is 9.82. The molecule has 0 bridgehead atoms. The maximum absolute atomic E-state index is 15.0. The molecule has 7 unspecified atom stereocenters. The van der Waals surface area contributed by atoms with Crippen molar-refractivity contribution in [2.75, 3.05) is 13.2 Å². The van der Waals surface area contributed by atoms with Gasteiger partial charge in [0.2, 0.25) is 33.3 Å². The van der Waals surface area contributed by atoms with Gasteiger partial charge in [-0.05, 0) is 90.0 Å². The van der Waals surface area contributed by atoms with Gasteiger partial charge in [-0.1, -0.05) is 50.6 Å². The van der Waals surface area contributed by atoms with Gasteiger partial charge in [0.1, 0.15) is 29.5 Å². The molecule has 1 aromatic heterocycles. The summed E-state index contributed by atoms with van der Waals surface area (Å²) >= 11 is 0. The molecule has 4 heterocycles. The van der Waals surface area contributed by atoms with E-state index >= 15 is 0 Å². The number of allylic oxidation sites excluding steroid dienone is 1. The number of aromatic nitrogens is 1. The first-order valence-corrected chi connectivity index (χ1v) is 22.3. The summed E-state index contributed by atoms with van der Waals surface area (Å²) in [6, 6.07) is 4.66. The number of rotatable bonds is 8. The number of nitrogens with zero attached hydrogens (tertiary/aromatic N) is 2. The molecule has 60 heavy (non-hydrogen) atoms. The van der Waals surface area contributed by atoms with Gasteiger partial charge < -0.3 is 29.7 Å². The van der Waals surface area contributed by atoms with Crippen molar-refractivity contribution in [3.63, 3.8) is 0 Å². The standard InChI is InChI=1S/C42H54F3N5O9S/c1-6-25-20-24(2)12-7-8-13-26-22-41(26,37(53)49-60(55,56)40(5)17-18-40)48-34(51)31-21-27(23-50(31)36(52)32(25)47-38(54)59-39(3,4)42(43,44)45)58-35-29-15-10-9-14-28(29)33-30(46-35)16-11-19-57-33/h8-10,13-15,24-27,31-32H,6-7,11-12,16-23H2,1-5H3,(H,47,54)(H,48,51)(H,49,53). The van der Waals surface area contributed by atoms with Crippen molar-refractivity contribution in [2.45, 2.75) is 139 Å². The Morgan fingerprint density at radius 3 is 2.52 bits per heavy atom. The zero-order valence-corrected chi connectivity index (χ0v) is 35.3. The van der Waals surface area contributed by atoms with Crippen molar-refractivity contribution in [3.05, 3.63) is 42.1 Å². The number of benzene rings is 1. The molecule has 0 radical (unpaired) electrons. The Morgan fingerprint density at radius 2 is 1.83 bits per heavy atom. The van der Waals surface area contributed by atoms with Gasteiger partial charge in [0.25, 0.3) is 5.91 Å². The molecular formula is C42H54F3N5O9S. The third-order valence-electron chi connectivity index (χ3n) is 12.9. The molecule has 14 nitrogen and oxygen atoms in total. The summed E-state index contributed by atoms with van der Waals surface area (Å²) in [7, 11) is -4.08. The predicted octanol–water partition coefficient (Wildman–Crippen LogP) is 5.62. The molecule has 2 saturated carbocycles. The van der Waals surface area contributed by atoms with Gasteiger partial charge in [-0.2, -0.15) is 13.2 Å². The van der Waals surface area contributed by atoms with E-state index in [4.69, 9.17) is 19.2 Å². The number of alkyl carbamates (subject to hydrolysis) is 1. The minimum absolute atomic E-state index is 0.0290. The van der Waals surface area contributed by atoms with Crippen LogP contribution in [0.2, 0.25) is 0 Å². The Balaban J connectivity index is 1.25. The van der Waals surface area contributed by atoms with Gasteiger partial charge in [-0.15, -0.1) is 0 Å². The first kappa shape index (κ1) is 43.5. The molecule has 0 spiro atoms. The first-order chi connectivity index (χ1) is 28.2. The van der Waals surface area contributed by atoms with E-state index in [9.17, 15) is 40.8 Å². The van der Waals surface area contributed by atoms with E-state index in [0.717, 1.165) is 11.8 Å². The Hall–Kier alpha value is -4.61. The Kier molecular flexibility index (Phi) is 11.6. The maximum atomic E-state index is 15.0. The van der Waals surface area contributed by atoms with Crippen LogP contribution in [0.25, 0.3) is 10.8 Å². The first-order valence-electron chi connectivity index (χ1n) is 20.8. The van der Waals surface area contributed by atoms with Crippen molar-refractivity contribution in [1.29, 1.82) is 0 Å². The normalized spacial score (nSPS) is 29.4. The molecule has 5 aliphatic rings. The van der Waals surface area contributed by atoms with E-state index in [1.54, 1.807) is 19.9 Å². The number of carbonyl (C=O) groups excluding carboxylic acids is 4. The highest BCUT2D eigenvalue weighted by atomic mass is 32.2. The second-order valence-electron chi connectivity index (χ2n) is 17.9. The summed E-state index contributed by atoms with van der Waals surface area (Å²) < 4.78 is 86.5. The van der Waals surface area contributed by atoms with E-state index in [2.05, 4.69) is 15.4 Å². The number of hydrogen-bond acceptors (Lipinski definition) is 10. The van der Waals surface area contributed by atoms with Gasteiger partial charge in [-0.3, -0.25) is 19.1 Å². The summed E-state index contributed by atoms with van der Waals surface area (Å²) in [5.41, 5.74) is -3.83. The van der Waals surface area contributed by atoms with Gasteiger partial charge in [0.05, 0.1) is 23.6 Å². The molecule has 7 rings (SSSR count). The van der Waals surface area contributed by atoms with Crippen molar-refractivity contribution < 1.29 is 55.0 Å².